The van der Waals surface area contributed by atoms with Crippen LogP contribution in [0.3, 0.4) is 0 Å². The lowest BCUT2D eigenvalue weighted by Crippen LogP contribution is -2.50. The second kappa shape index (κ2) is 8.20. The van der Waals surface area contributed by atoms with E-state index in [-0.39, 0.29) is 18.8 Å². The third-order valence-electron chi connectivity index (χ3n) is 4.40. The first kappa shape index (κ1) is 22.4. The molecule has 0 bridgehead atoms. The van der Waals surface area contributed by atoms with Crippen LogP contribution in [-0.4, -0.2) is 34.3 Å². The van der Waals surface area contributed by atoms with Crippen LogP contribution < -0.4 is 10.6 Å². The first-order valence-corrected chi connectivity index (χ1v) is 9.66. The molecule has 2 heterocycles. The minimum absolute atomic E-state index is 0.0688. The van der Waals surface area contributed by atoms with Gasteiger partial charge < -0.3 is 9.84 Å². The zero-order chi connectivity index (χ0) is 21.2. The largest absolute Gasteiger partial charge is 0.389 e. The Balaban J connectivity index is 1.97. The molecule has 0 aliphatic carbocycles. The molecule has 2 aromatic heterocycles. The van der Waals surface area contributed by atoms with Crippen molar-refractivity contribution in [1.82, 2.24) is 15.5 Å². The van der Waals surface area contributed by atoms with Gasteiger partial charge in [-0.1, -0.05) is 5.16 Å². The van der Waals surface area contributed by atoms with Crippen molar-refractivity contribution in [3.05, 3.63) is 27.8 Å². The van der Waals surface area contributed by atoms with E-state index in [0.717, 1.165) is 9.88 Å². The Morgan fingerprint density at radius 3 is 2.50 bits per heavy atom. The number of aryl methyl sites for hydroxylation is 1. The molecule has 2 aromatic rings. The maximum atomic E-state index is 12.5. The van der Waals surface area contributed by atoms with Gasteiger partial charge in [-0.05, 0) is 47.6 Å². The van der Waals surface area contributed by atoms with Crippen LogP contribution in [0.25, 0.3) is 0 Å². The third-order valence-corrected chi connectivity index (χ3v) is 5.63. The number of nitrogens with zero attached hydrogens (tertiary/aromatic N) is 2. The van der Waals surface area contributed by atoms with Crippen molar-refractivity contribution in [2.24, 2.45) is 0 Å². The summed E-state index contributed by atoms with van der Waals surface area (Å²) in [6.45, 7) is 9.14. The summed E-state index contributed by atoms with van der Waals surface area (Å²) >= 11 is 1.56. The molecule has 6 nitrogen and oxygen atoms in total. The normalized spacial score (nSPS) is 13.0. The predicted molar refractivity (Wildman–Crippen MR) is 101 cm³/mol. The first-order chi connectivity index (χ1) is 12.8. The smallest absolute Gasteiger partial charge is 0.338 e. The van der Waals surface area contributed by atoms with Crippen LogP contribution in [0.4, 0.5) is 19.1 Å². The number of thiazole rings is 1. The van der Waals surface area contributed by atoms with Gasteiger partial charge in [-0.15, -0.1) is 11.3 Å². The van der Waals surface area contributed by atoms with Gasteiger partial charge in [-0.3, -0.25) is 10.1 Å². The molecule has 0 spiro atoms. The van der Waals surface area contributed by atoms with Crippen molar-refractivity contribution in [3.63, 3.8) is 0 Å². The van der Waals surface area contributed by atoms with E-state index >= 15 is 0 Å². The number of carbonyl (C=O) groups is 1. The van der Waals surface area contributed by atoms with Gasteiger partial charge in [0.1, 0.15) is 0 Å². The molecule has 1 amide bonds. The molecule has 10 heteroatoms. The van der Waals surface area contributed by atoms with Crippen molar-refractivity contribution in [2.75, 3.05) is 11.9 Å². The van der Waals surface area contributed by atoms with E-state index in [1.54, 1.807) is 37.4 Å². The summed E-state index contributed by atoms with van der Waals surface area (Å²) in [5.74, 6) is -0.242. The van der Waals surface area contributed by atoms with Crippen LogP contribution in [0, 0.1) is 6.92 Å². The molecule has 0 aliphatic rings. The Morgan fingerprint density at radius 2 is 1.93 bits per heavy atom. The van der Waals surface area contributed by atoms with Gasteiger partial charge in [-0.25, -0.2) is 4.98 Å². The van der Waals surface area contributed by atoms with Gasteiger partial charge in [0.25, 0.3) is 0 Å². The minimum Gasteiger partial charge on any atom is -0.338 e. The molecule has 28 heavy (non-hydrogen) atoms. The molecule has 0 aromatic carbocycles. The van der Waals surface area contributed by atoms with Crippen LogP contribution in [0.15, 0.2) is 16.8 Å². The summed E-state index contributed by atoms with van der Waals surface area (Å²) in [6, 6.07) is 1.65. The summed E-state index contributed by atoms with van der Waals surface area (Å²) in [5.41, 5.74) is -0.866. The van der Waals surface area contributed by atoms with E-state index in [1.165, 1.54) is 0 Å². The van der Waals surface area contributed by atoms with Crippen LogP contribution in [-0.2, 0) is 10.2 Å². The highest BCUT2D eigenvalue weighted by Crippen LogP contribution is 2.35. The maximum absolute atomic E-state index is 12.5. The lowest BCUT2D eigenvalue weighted by atomic mass is 9.88. The highest BCUT2D eigenvalue weighted by Gasteiger charge is 2.32. The molecule has 0 radical (unpaired) electrons. The Kier molecular flexibility index (Phi) is 6.55. The lowest BCUT2D eigenvalue weighted by molar-refractivity contribution is -0.135. The van der Waals surface area contributed by atoms with Gasteiger partial charge >= 0.3 is 6.18 Å². The second-order valence-corrected chi connectivity index (χ2v) is 8.90. The second-order valence-electron chi connectivity index (χ2n) is 7.67. The monoisotopic (exact) mass is 418 g/mol. The van der Waals surface area contributed by atoms with E-state index in [9.17, 15) is 18.0 Å². The molecular weight excluding hydrogens is 393 g/mol. The SMILES string of the molecule is Cc1ncc(C(C)(C)c2cc(NC(=O)C(C)(C)NCCCC(F)(F)F)on2)s1. The van der Waals surface area contributed by atoms with Crippen molar-refractivity contribution < 1.29 is 22.5 Å². The average molecular weight is 418 g/mol. The molecule has 2 rings (SSSR count). The van der Waals surface area contributed by atoms with E-state index in [1.807, 2.05) is 20.8 Å². The lowest BCUT2D eigenvalue weighted by Gasteiger charge is -2.24. The number of alkyl halides is 3. The number of rotatable bonds is 8. The number of amides is 1. The minimum atomic E-state index is -4.20. The van der Waals surface area contributed by atoms with Gasteiger partial charge in [0, 0.05) is 29.0 Å². The van der Waals surface area contributed by atoms with Gasteiger partial charge in [0.2, 0.25) is 11.8 Å². The predicted octanol–water partition coefficient (Wildman–Crippen LogP) is 4.41. The van der Waals surface area contributed by atoms with Gasteiger partial charge in [0.15, 0.2) is 0 Å². The van der Waals surface area contributed by atoms with Crippen LogP contribution >= 0.6 is 11.3 Å². The van der Waals surface area contributed by atoms with Gasteiger partial charge in [-0.2, -0.15) is 13.2 Å². The highest BCUT2D eigenvalue weighted by molar-refractivity contribution is 7.11. The quantitative estimate of drug-likeness (QED) is 0.621. The first-order valence-electron chi connectivity index (χ1n) is 8.84. The number of nitrogens with one attached hydrogen (secondary N) is 2. The Morgan fingerprint density at radius 1 is 1.25 bits per heavy atom. The summed E-state index contributed by atoms with van der Waals surface area (Å²) in [5, 5.41) is 10.5. The Bertz CT molecular complexity index is 812. The third kappa shape index (κ3) is 5.78. The molecule has 0 aliphatic heterocycles. The number of aromatic nitrogens is 2. The number of carbonyl (C=O) groups excluding carboxylic acids is 1. The molecular formula is C18H25F3N4O2S. The topological polar surface area (TPSA) is 80.0 Å². The van der Waals surface area contributed by atoms with Crippen molar-refractivity contribution in [2.45, 2.75) is 64.6 Å². The molecule has 156 valence electrons. The zero-order valence-electron chi connectivity index (χ0n) is 16.5. The van der Waals surface area contributed by atoms with E-state index in [2.05, 4.69) is 20.8 Å². The molecule has 0 atom stereocenters. The number of hydrogen-bond donors (Lipinski definition) is 2. The molecule has 0 saturated heterocycles. The summed E-state index contributed by atoms with van der Waals surface area (Å²) in [6.07, 6.45) is -3.40. The average Bonchev–Trinajstić information content (AvgIpc) is 3.20. The van der Waals surface area contributed by atoms with E-state index in [4.69, 9.17) is 4.52 Å². The summed E-state index contributed by atoms with van der Waals surface area (Å²) in [7, 11) is 0. The summed E-state index contributed by atoms with van der Waals surface area (Å²) in [4.78, 5) is 17.7. The van der Waals surface area contributed by atoms with Crippen LogP contribution in [0.5, 0.6) is 0 Å². The number of anilines is 1. The van der Waals surface area contributed by atoms with Crippen LogP contribution in [0.2, 0.25) is 0 Å². The Labute approximate surface area is 165 Å². The molecule has 0 unspecified atom stereocenters. The highest BCUT2D eigenvalue weighted by atomic mass is 32.1. The number of hydrogen-bond acceptors (Lipinski definition) is 6. The molecule has 2 N–H and O–H groups in total. The van der Waals surface area contributed by atoms with E-state index < -0.39 is 29.5 Å². The summed E-state index contributed by atoms with van der Waals surface area (Å²) < 4.78 is 41.9. The Hall–Kier alpha value is -1.94. The molecule has 0 saturated carbocycles. The van der Waals surface area contributed by atoms with E-state index in [0.29, 0.717) is 5.69 Å². The fraction of sp³-hybridized carbons (Fsp3) is 0.611. The molecule has 0 fully saturated rings. The van der Waals surface area contributed by atoms with Crippen molar-refractivity contribution in [3.8, 4) is 0 Å². The van der Waals surface area contributed by atoms with Crippen LogP contribution in [0.1, 0.15) is 56.1 Å². The zero-order valence-corrected chi connectivity index (χ0v) is 17.3. The standard InChI is InChI=1S/C18H25F3N4O2S/c1-11-22-10-13(28-11)16(2,3)12-9-14(27-25-12)24-15(26)17(4,5)23-8-6-7-18(19,20)21/h9-10,23H,6-8H2,1-5H3,(H,24,26). The number of halogens is 3. The van der Waals surface area contributed by atoms with Crippen molar-refractivity contribution in [1.29, 1.82) is 0 Å². The fourth-order valence-corrected chi connectivity index (χ4v) is 3.33. The fourth-order valence-electron chi connectivity index (χ4n) is 2.44. The van der Waals surface area contributed by atoms with Crippen molar-refractivity contribution >= 4 is 23.1 Å². The maximum Gasteiger partial charge on any atom is 0.389 e. The van der Waals surface area contributed by atoms with Gasteiger partial charge in [0.05, 0.1) is 16.2 Å².